The number of benzene rings is 1. The molecule has 1 amide bonds. The zero-order valence-corrected chi connectivity index (χ0v) is 16.3. The maximum Gasteiger partial charge on any atom is 0.272 e. The average molecular weight is 397 g/mol. The van der Waals surface area contributed by atoms with Crippen molar-refractivity contribution >= 4 is 23.4 Å². The van der Waals surface area contributed by atoms with E-state index in [4.69, 9.17) is 0 Å². The van der Waals surface area contributed by atoms with Crippen LogP contribution in [0.3, 0.4) is 0 Å². The maximum absolute atomic E-state index is 13.3. The van der Waals surface area contributed by atoms with Gasteiger partial charge in [0.05, 0.1) is 6.20 Å². The second-order valence-electron chi connectivity index (χ2n) is 6.43. The van der Waals surface area contributed by atoms with Crippen molar-refractivity contribution in [3.8, 4) is 5.69 Å². The molecule has 0 aliphatic carbocycles. The summed E-state index contributed by atoms with van der Waals surface area (Å²) in [6.07, 6.45) is 7.06. The van der Waals surface area contributed by atoms with Crippen LogP contribution in [0.1, 0.15) is 10.5 Å². The molecule has 0 unspecified atom stereocenters. The van der Waals surface area contributed by atoms with Gasteiger partial charge in [0.1, 0.15) is 11.5 Å². The Balaban J connectivity index is 1.54. The van der Waals surface area contributed by atoms with Crippen molar-refractivity contribution in [1.82, 2.24) is 19.4 Å². The second-order valence-corrected chi connectivity index (χ2v) is 7.20. The molecule has 3 aromatic rings. The Morgan fingerprint density at radius 3 is 2.32 bits per heavy atom. The molecule has 0 N–H and O–H groups in total. The van der Waals surface area contributed by atoms with Gasteiger partial charge in [-0.05, 0) is 42.7 Å². The Hall–Kier alpha value is -2.87. The molecule has 1 aliphatic rings. The number of thioether (sulfide) groups is 1. The fraction of sp³-hybridized carbons (Fsp3) is 0.250. The molecule has 0 radical (unpaired) electrons. The lowest BCUT2D eigenvalue weighted by Crippen LogP contribution is -2.49. The highest BCUT2D eigenvalue weighted by atomic mass is 32.2. The van der Waals surface area contributed by atoms with E-state index in [1.54, 1.807) is 35.3 Å². The summed E-state index contributed by atoms with van der Waals surface area (Å²) in [5.41, 5.74) is 2.33. The van der Waals surface area contributed by atoms with Gasteiger partial charge in [-0.2, -0.15) is 0 Å². The van der Waals surface area contributed by atoms with Crippen LogP contribution in [0.5, 0.6) is 0 Å². The lowest BCUT2D eigenvalue weighted by molar-refractivity contribution is 0.0738. The summed E-state index contributed by atoms with van der Waals surface area (Å²) in [6, 6.07) is 10.1. The molecule has 144 valence electrons. The molecule has 3 heterocycles. The smallest absolute Gasteiger partial charge is 0.272 e. The monoisotopic (exact) mass is 397 g/mol. The summed E-state index contributed by atoms with van der Waals surface area (Å²) in [4.78, 5) is 25.7. The minimum atomic E-state index is -0.310. The summed E-state index contributed by atoms with van der Waals surface area (Å²) in [5, 5.41) is 0.699. The fourth-order valence-corrected chi connectivity index (χ4v) is 3.90. The van der Waals surface area contributed by atoms with E-state index in [1.807, 2.05) is 23.3 Å². The van der Waals surface area contributed by atoms with E-state index in [2.05, 4.69) is 14.9 Å². The molecule has 6 nitrogen and oxygen atoms in total. The molecule has 0 saturated carbocycles. The Kier molecular flexibility index (Phi) is 5.29. The Morgan fingerprint density at radius 1 is 1.00 bits per heavy atom. The van der Waals surface area contributed by atoms with Gasteiger partial charge in [-0.3, -0.25) is 14.3 Å². The number of pyridine rings is 1. The number of anilines is 1. The van der Waals surface area contributed by atoms with E-state index in [0.717, 1.165) is 24.5 Å². The molecule has 1 aliphatic heterocycles. The van der Waals surface area contributed by atoms with Gasteiger partial charge in [0.15, 0.2) is 5.16 Å². The Morgan fingerprint density at radius 2 is 1.68 bits per heavy atom. The number of carbonyl (C=O) groups is 1. The molecule has 0 spiro atoms. The highest BCUT2D eigenvalue weighted by Gasteiger charge is 2.26. The maximum atomic E-state index is 13.3. The summed E-state index contributed by atoms with van der Waals surface area (Å²) in [5.74, 6) is -0.374. The molecule has 2 aromatic heterocycles. The Labute approximate surface area is 167 Å². The van der Waals surface area contributed by atoms with Gasteiger partial charge < -0.3 is 9.80 Å². The lowest BCUT2D eigenvalue weighted by atomic mass is 10.2. The van der Waals surface area contributed by atoms with E-state index < -0.39 is 0 Å². The first-order chi connectivity index (χ1) is 13.7. The number of halogens is 1. The molecule has 1 aromatic carbocycles. The Bertz CT molecular complexity index is 952. The molecule has 1 fully saturated rings. The van der Waals surface area contributed by atoms with Crippen molar-refractivity contribution in [3.05, 3.63) is 66.5 Å². The predicted molar refractivity (Wildman–Crippen MR) is 108 cm³/mol. The van der Waals surface area contributed by atoms with Crippen LogP contribution in [0, 0.1) is 5.82 Å². The van der Waals surface area contributed by atoms with Crippen molar-refractivity contribution < 1.29 is 9.18 Å². The molecule has 8 heteroatoms. The molecular weight excluding hydrogens is 377 g/mol. The lowest BCUT2D eigenvalue weighted by Gasteiger charge is -2.36. The van der Waals surface area contributed by atoms with Crippen molar-refractivity contribution in [2.45, 2.75) is 5.16 Å². The number of piperazine rings is 1. The topological polar surface area (TPSA) is 54.3 Å². The fourth-order valence-electron chi connectivity index (χ4n) is 3.35. The van der Waals surface area contributed by atoms with Crippen LogP contribution in [0.4, 0.5) is 10.1 Å². The first kappa shape index (κ1) is 18.5. The van der Waals surface area contributed by atoms with Gasteiger partial charge in [0, 0.05) is 49.9 Å². The highest BCUT2D eigenvalue weighted by molar-refractivity contribution is 7.98. The summed E-state index contributed by atoms with van der Waals surface area (Å²) in [6.45, 7) is 2.78. The third-order valence-corrected chi connectivity index (χ3v) is 5.46. The number of nitrogens with zero attached hydrogens (tertiary/aromatic N) is 5. The molecule has 4 rings (SSSR count). The number of carbonyl (C=O) groups excluding carboxylic acids is 1. The van der Waals surface area contributed by atoms with Gasteiger partial charge in [-0.1, -0.05) is 11.8 Å². The number of amides is 1. The van der Waals surface area contributed by atoms with Crippen molar-refractivity contribution in [2.24, 2.45) is 0 Å². The van der Waals surface area contributed by atoms with E-state index >= 15 is 0 Å². The van der Waals surface area contributed by atoms with E-state index in [0.29, 0.717) is 23.9 Å². The van der Waals surface area contributed by atoms with Crippen LogP contribution < -0.4 is 4.90 Å². The van der Waals surface area contributed by atoms with Gasteiger partial charge in [-0.25, -0.2) is 9.37 Å². The SMILES string of the molecule is CSc1ncc(C(=O)N2CCN(c3ccncc3)CC2)n1-c1ccc(F)cc1. The van der Waals surface area contributed by atoms with E-state index in [9.17, 15) is 9.18 Å². The van der Waals surface area contributed by atoms with E-state index in [1.165, 1.54) is 23.9 Å². The summed E-state index contributed by atoms with van der Waals surface area (Å²) < 4.78 is 15.1. The van der Waals surface area contributed by atoms with Crippen LogP contribution in [0.25, 0.3) is 5.69 Å². The normalized spacial score (nSPS) is 14.4. The zero-order valence-electron chi connectivity index (χ0n) is 15.5. The van der Waals surface area contributed by atoms with Gasteiger partial charge in [0.2, 0.25) is 0 Å². The number of hydrogen-bond donors (Lipinski definition) is 0. The number of aromatic nitrogens is 3. The van der Waals surface area contributed by atoms with E-state index in [-0.39, 0.29) is 11.7 Å². The van der Waals surface area contributed by atoms with Crippen LogP contribution >= 0.6 is 11.8 Å². The van der Waals surface area contributed by atoms with Crippen molar-refractivity contribution in [2.75, 3.05) is 37.3 Å². The standard InChI is InChI=1S/C20H20FN5OS/c1-28-20-23-14-18(26(20)17-4-2-15(21)3-5-17)19(27)25-12-10-24(11-13-25)16-6-8-22-9-7-16/h2-9,14H,10-13H2,1H3. The second kappa shape index (κ2) is 8.02. The largest absolute Gasteiger partial charge is 0.368 e. The average Bonchev–Trinajstić information content (AvgIpc) is 3.18. The molecule has 1 saturated heterocycles. The van der Waals surface area contributed by atoms with Gasteiger partial charge >= 0.3 is 0 Å². The first-order valence-corrected chi connectivity index (χ1v) is 10.2. The number of imidazole rings is 1. The predicted octanol–water partition coefficient (Wildman–Crippen LogP) is 3.09. The van der Waals surface area contributed by atoms with Gasteiger partial charge in [0.25, 0.3) is 5.91 Å². The third-order valence-electron chi connectivity index (χ3n) is 4.81. The van der Waals surface area contributed by atoms with Crippen LogP contribution in [-0.2, 0) is 0 Å². The molecule has 0 bridgehead atoms. The van der Waals surface area contributed by atoms with Gasteiger partial charge in [-0.15, -0.1) is 0 Å². The molecular formula is C20H20FN5OS. The minimum absolute atomic E-state index is 0.0634. The van der Waals surface area contributed by atoms with Crippen molar-refractivity contribution in [3.63, 3.8) is 0 Å². The number of rotatable bonds is 4. The minimum Gasteiger partial charge on any atom is -0.368 e. The van der Waals surface area contributed by atoms with Crippen LogP contribution in [0.2, 0.25) is 0 Å². The quantitative estimate of drug-likeness (QED) is 0.634. The molecule has 28 heavy (non-hydrogen) atoms. The number of hydrogen-bond acceptors (Lipinski definition) is 5. The zero-order chi connectivity index (χ0) is 19.5. The van der Waals surface area contributed by atoms with Crippen LogP contribution in [0.15, 0.2) is 60.1 Å². The summed E-state index contributed by atoms with van der Waals surface area (Å²) in [7, 11) is 0. The van der Waals surface area contributed by atoms with Crippen LogP contribution in [-0.4, -0.2) is 57.8 Å². The highest BCUT2D eigenvalue weighted by Crippen LogP contribution is 2.24. The molecule has 0 atom stereocenters. The first-order valence-electron chi connectivity index (χ1n) is 8.99. The third kappa shape index (κ3) is 3.60. The summed E-state index contributed by atoms with van der Waals surface area (Å²) >= 11 is 1.45. The van der Waals surface area contributed by atoms with Crippen molar-refractivity contribution in [1.29, 1.82) is 0 Å².